The lowest BCUT2D eigenvalue weighted by atomic mass is 10.0. The second-order valence-electron chi connectivity index (χ2n) is 29.5. The molecule has 0 aliphatic rings. The van der Waals surface area contributed by atoms with Gasteiger partial charge in [0.25, 0.3) is 0 Å². The van der Waals surface area contributed by atoms with Gasteiger partial charge in [-0.1, -0.05) is 394 Å². The largest absolute Gasteiger partial charge is 0.472 e. The van der Waals surface area contributed by atoms with Crippen LogP contribution in [-0.4, -0.2) is 96.7 Å². The van der Waals surface area contributed by atoms with Crippen LogP contribution in [0, 0.1) is 0 Å². The van der Waals surface area contributed by atoms with Gasteiger partial charge in [0.05, 0.1) is 26.4 Å². The van der Waals surface area contributed by atoms with Crippen molar-refractivity contribution in [3.8, 4) is 0 Å². The molecule has 600 valence electrons. The van der Waals surface area contributed by atoms with E-state index in [0.29, 0.717) is 25.7 Å². The molecule has 0 aliphatic carbocycles. The highest BCUT2D eigenvalue weighted by molar-refractivity contribution is 7.47. The normalized spacial score (nSPS) is 13.8. The molecule has 0 bridgehead atoms. The molecule has 2 unspecified atom stereocenters. The molecular formula is C82H160O17P2. The molecule has 3 N–H and O–H groups in total. The monoisotopic (exact) mass is 1480 g/mol. The van der Waals surface area contributed by atoms with Crippen LogP contribution < -0.4 is 0 Å². The molecule has 0 spiro atoms. The Morgan fingerprint density at radius 1 is 0.238 bits per heavy atom. The first kappa shape index (κ1) is 99.1. The van der Waals surface area contributed by atoms with Crippen LogP contribution in [0.15, 0.2) is 0 Å². The molecule has 0 radical (unpaired) electrons. The third-order valence-electron chi connectivity index (χ3n) is 19.4. The third kappa shape index (κ3) is 76.1. The summed E-state index contributed by atoms with van der Waals surface area (Å²) in [6.45, 7) is 5.05. The van der Waals surface area contributed by atoms with Crippen molar-refractivity contribution in [1.82, 2.24) is 0 Å². The Bertz CT molecular complexity index is 1910. The topological polar surface area (TPSA) is 237 Å². The maximum atomic E-state index is 13.1. The molecular weight excluding hydrogens is 1320 g/mol. The van der Waals surface area contributed by atoms with Crippen LogP contribution >= 0.6 is 15.6 Å². The minimum Gasteiger partial charge on any atom is -0.462 e. The molecule has 0 rings (SSSR count). The Morgan fingerprint density at radius 2 is 0.396 bits per heavy atom. The highest BCUT2D eigenvalue weighted by atomic mass is 31.2. The van der Waals surface area contributed by atoms with E-state index in [1.807, 2.05) is 0 Å². The molecule has 5 atom stereocenters. The van der Waals surface area contributed by atoms with Gasteiger partial charge in [-0.25, -0.2) is 9.13 Å². The van der Waals surface area contributed by atoms with Crippen molar-refractivity contribution >= 4 is 39.5 Å². The van der Waals surface area contributed by atoms with Crippen LogP contribution in [0.5, 0.6) is 0 Å². The van der Waals surface area contributed by atoms with E-state index in [4.69, 9.17) is 37.0 Å². The Kier molecular flexibility index (Phi) is 74.8. The quantitative estimate of drug-likeness (QED) is 0.0222. The summed E-state index contributed by atoms with van der Waals surface area (Å²) in [6.07, 6.45) is 69.2. The number of phosphoric ester groups is 2. The first-order valence-corrected chi connectivity index (χ1v) is 45.8. The number of aliphatic hydroxyl groups is 1. The Labute approximate surface area is 619 Å². The highest BCUT2D eigenvalue weighted by Crippen LogP contribution is 2.45. The van der Waals surface area contributed by atoms with Crippen molar-refractivity contribution in [3.05, 3.63) is 0 Å². The zero-order valence-electron chi connectivity index (χ0n) is 65.9. The Morgan fingerprint density at radius 3 is 0.584 bits per heavy atom. The van der Waals surface area contributed by atoms with E-state index in [2.05, 4.69) is 27.7 Å². The maximum absolute atomic E-state index is 13.1. The summed E-state index contributed by atoms with van der Waals surface area (Å²) >= 11 is 0. The molecule has 0 amide bonds. The molecule has 0 aromatic heterocycles. The van der Waals surface area contributed by atoms with Crippen molar-refractivity contribution in [3.63, 3.8) is 0 Å². The van der Waals surface area contributed by atoms with Crippen LogP contribution in [0.25, 0.3) is 0 Å². The average Bonchev–Trinajstić information content (AvgIpc) is 1.08. The standard InChI is InChI=1S/C82H160O17P2/c1-5-9-13-17-21-25-29-33-36-38-41-45-49-53-57-61-65-69-82(87)99-78(73-93-80(85)67-63-59-55-51-47-43-40-37-34-30-26-22-18-14-10-6-2)75-97-101(90,91)95-71-76(83)70-94-100(88,89)96-74-77(72-92-79(84)66-62-58-54-50-46-42-32-28-24-20-16-12-8-4)98-81(86)68-64-60-56-52-48-44-39-35-31-27-23-19-15-11-7-3/h76-78,83H,5-75H2,1-4H3,(H,88,89)(H,90,91)/t76-,77+,78+/m0/s1. The zero-order valence-corrected chi connectivity index (χ0v) is 67.7. The fourth-order valence-electron chi connectivity index (χ4n) is 12.8. The Balaban J connectivity index is 5.26. The summed E-state index contributed by atoms with van der Waals surface area (Å²) < 4.78 is 68.8. The number of phosphoric acid groups is 2. The van der Waals surface area contributed by atoms with E-state index in [-0.39, 0.29) is 25.7 Å². The van der Waals surface area contributed by atoms with Crippen molar-refractivity contribution in [1.29, 1.82) is 0 Å². The number of unbranched alkanes of at least 4 members (excludes halogenated alkanes) is 57. The summed E-state index contributed by atoms with van der Waals surface area (Å²) in [5.74, 6) is -2.10. The lowest BCUT2D eigenvalue weighted by molar-refractivity contribution is -0.161. The predicted molar refractivity (Wildman–Crippen MR) is 414 cm³/mol. The van der Waals surface area contributed by atoms with Gasteiger partial charge in [0, 0.05) is 25.7 Å². The van der Waals surface area contributed by atoms with Gasteiger partial charge in [-0.2, -0.15) is 0 Å². The number of carbonyl (C=O) groups excluding carboxylic acids is 4. The van der Waals surface area contributed by atoms with E-state index in [9.17, 15) is 43.2 Å². The summed E-state index contributed by atoms with van der Waals surface area (Å²) in [6, 6.07) is 0. The molecule has 17 nitrogen and oxygen atoms in total. The lowest BCUT2D eigenvalue weighted by Gasteiger charge is -2.21. The number of rotatable bonds is 83. The van der Waals surface area contributed by atoms with Crippen LogP contribution in [0.2, 0.25) is 0 Å². The highest BCUT2D eigenvalue weighted by Gasteiger charge is 2.30. The maximum Gasteiger partial charge on any atom is 0.472 e. The van der Waals surface area contributed by atoms with Crippen molar-refractivity contribution < 1.29 is 80.2 Å². The number of carbonyl (C=O) groups is 4. The van der Waals surface area contributed by atoms with Gasteiger partial charge >= 0.3 is 39.5 Å². The molecule has 0 fully saturated rings. The van der Waals surface area contributed by atoms with E-state index in [1.54, 1.807) is 0 Å². The molecule has 0 aromatic carbocycles. The van der Waals surface area contributed by atoms with E-state index in [1.165, 1.54) is 276 Å². The number of hydrogen-bond donors (Lipinski definition) is 3. The number of esters is 4. The van der Waals surface area contributed by atoms with Crippen LogP contribution in [0.4, 0.5) is 0 Å². The van der Waals surface area contributed by atoms with Crippen molar-refractivity contribution in [2.24, 2.45) is 0 Å². The summed E-state index contributed by atoms with van der Waals surface area (Å²) in [4.78, 5) is 73.1. The first-order chi connectivity index (χ1) is 49.2. The van der Waals surface area contributed by atoms with Gasteiger partial charge in [0.15, 0.2) is 12.2 Å². The van der Waals surface area contributed by atoms with Gasteiger partial charge in [0.1, 0.15) is 19.3 Å². The molecule has 0 saturated carbocycles. The van der Waals surface area contributed by atoms with E-state index in [0.717, 1.165) is 89.9 Å². The van der Waals surface area contributed by atoms with E-state index >= 15 is 0 Å². The van der Waals surface area contributed by atoms with E-state index < -0.39 is 97.5 Å². The summed E-state index contributed by atoms with van der Waals surface area (Å²) in [5.41, 5.74) is 0. The lowest BCUT2D eigenvalue weighted by Crippen LogP contribution is -2.30. The van der Waals surface area contributed by atoms with Gasteiger partial charge in [-0.3, -0.25) is 37.3 Å². The van der Waals surface area contributed by atoms with Gasteiger partial charge < -0.3 is 33.8 Å². The summed E-state index contributed by atoms with van der Waals surface area (Å²) in [5, 5.41) is 10.7. The molecule has 0 saturated heterocycles. The first-order valence-electron chi connectivity index (χ1n) is 42.8. The molecule has 101 heavy (non-hydrogen) atoms. The smallest absolute Gasteiger partial charge is 0.462 e. The second-order valence-corrected chi connectivity index (χ2v) is 32.4. The zero-order chi connectivity index (χ0) is 73.9. The minimum absolute atomic E-state index is 0.109. The fourth-order valence-corrected chi connectivity index (χ4v) is 14.4. The predicted octanol–water partition coefficient (Wildman–Crippen LogP) is 25.0. The molecule has 0 heterocycles. The van der Waals surface area contributed by atoms with Gasteiger partial charge in [0.2, 0.25) is 0 Å². The van der Waals surface area contributed by atoms with Crippen molar-refractivity contribution in [2.75, 3.05) is 39.6 Å². The number of hydrogen-bond acceptors (Lipinski definition) is 15. The van der Waals surface area contributed by atoms with Crippen LogP contribution in [0.1, 0.15) is 445 Å². The molecule has 0 aliphatic heterocycles. The third-order valence-corrected chi connectivity index (χ3v) is 21.3. The fraction of sp³-hybridized carbons (Fsp3) is 0.951. The number of aliphatic hydroxyl groups excluding tert-OH is 1. The molecule has 0 aromatic rings. The molecule has 19 heteroatoms. The Hall–Kier alpha value is -1.94. The van der Waals surface area contributed by atoms with Crippen LogP contribution in [0.3, 0.4) is 0 Å². The second kappa shape index (κ2) is 76.3. The van der Waals surface area contributed by atoms with Crippen molar-refractivity contribution in [2.45, 2.75) is 463 Å². The minimum atomic E-state index is -4.96. The van der Waals surface area contributed by atoms with Gasteiger partial charge in [-0.05, 0) is 25.7 Å². The van der Waals surface area contributed by atoms with Crippen LogP contribution in [-0.2, 0) is 65.4 Å². The SMILES string of the molecule is CCCCCCCCCCCCCCCCCCCC(=O)O[C@H](COC(=O)CCCCCCCCCCCCCCCCCC)COP(=O)(O)OC[C@@H](O)COP(=O)(O)OC[C@@H](COC(=O)CCCCCCCCCCCCCCC)OC(=O)CCCCCCCCCCCCCCCCC. The van der Waals surface area contributed by atoms with Gasteiger partial charge in [-0.15, -0.1) is 0 Å². The average molecular weight is 1480 g/mol. The number of ether oxygens (including phenoxy) is 4. The summed E-state index contributed by atoms with van der Waals surface area (Å²) in [7, 11) is -9.92.